The van der Waals surface area contributed by atoms with Crippen molar-refractivity contribution in [2.75, 3.05) is 11.1 Å². The van der Waals surface area contributed by atoms with Crippen LogP contribution < -0.4 is 22.2 Å². The summed E-state index contributed by atoms with van der Waals surface area (Å²) in [5.74, 6) is -0.654. The number of benzene rings is 1. The van der Waals surface area contributed by atoms with Crippen LogP contribution in [0.25, 0.3) is 22.2 Å². The van der Waals surface area contributed by atoms with E-state index in [4.69, 9.17) is 17.3 Å². The summed E-state index contributed by atoms with van der Waals surface area (Å²) in [6.45, 7) is 1.82. The second kappa shape index (κ2) is 10.2. The molecule has 0 amide bonds. The molecule has 3 heterocycles. The van der Waals surface area contributed by atoms with E-state index >= 15 is 0 Å². The van der Waals surface area contributed by atoms with E-state index in [2.05, 4.69) is 20.4 Å². The van der Waals surface area contributed by atoms with Crippen LogP contribution in [0.3, 0.4) is 0 Å². The predicted octanol–water partition coefficient (Wildman–Crippen LogP) is 4.22. The lowest BCUT2D eigenvalue weighted by Gasteiger charge is -2.18. The van der Waals surface area contributed by atoms with E-state index in [0.29, 0.717) is 12.8 Å². The molecule has 4 N–H and O–H groups in total. The fourth-order valence-electron chi connectivity index (χ4n) is 3.84. The van der Waals surface area contributed by atoms with Crippen molar-refractivity contribution in [1.82, 2.24) is 24.7 Å². The smallest absolute Gasteiger partial charge is 0.382 e. The predicted molar refractivity (Wildman–Crippen MR) is 131 cm³/mol. The maximum Gasteiger partial charge on any atom is 0.423 e. The number of halogens is 5. The van der Waals surface area contributed by atoms with Crippen LogP contribution in [0.15, 0.2) is 46.4 Å². The number of fused-ring (bicyclic) bond motifs is 1. The Bertz CT molecular complexity index is 1590. The highest BCUT2D eigenvalue weighted by molar-refractivity contribution is 6.32. The monoisotopic (exact) mass is 537 g/mol. The summed E-state index contributed by atoms with van der Waals surface area (Å²) in [5.41, 5.74) is 2.68. The number of nitrogen functional groups attached to an aromatic ring is 1. The molecule has 9 nitrogen and oxygen atoms in total. The average molecular weight is 538 g/mol. The Hall–Kier alpha value is -4.00. The Morgan fingerprint density at radius 3 is 2.70 bits per heavy atom. The molecule has 1 aromatic carbocycles. The fourth-order valence-corrected chi connectivity index (χ4v) is 3.94. The Morgan fingerprint density at radius 2 is 2.00 bits per heavy atom. The third-order valence-corrected chi connectivity index (χ3v) is 5.96. The molecule has 194 valence electrons. The lowest BCUT2D eigenvalue weighted by atomic mass is 10.1. The number of aromatic amines is 1. The van der Waals surface area contributed by atoms with Gasteiger partial charge in [0.05, 0.1) is 39.8 Å². The highest BCUT2D eigenvalue weighted by Crippen LogP contribution is 2.32. The molecule has 0 aliphatic heterocycles. The Kier molecular flexibility index (Phi) is 7.16. The minimum atomic E-state index is -4.85. The zero-order valence-corrected chi connectivity index (χ0v) is 20.0. The quantitative estimate of drug-likeness (QED) is 0.301. The molecule has 0 aliphatic rings. The standard InChI is InChI=1S/C23H20ClF4N7O2/c1-11(32-18-9-31-34-21(36)19(18)23(26,27)28)3-2-6-35-10-30-17-8-12(15(25)7-13(17)22(35)37)16-5-4-14(24)20(29)33-16/h4-5,7-11H,2-3,6H2,1H3,(H2,29,33)(H2,32,34,36). The summed E-state index contributed by atoms with van der Waals surface area (Å²) >= 11 is 5.87. The third kappa shape index (κ3) is 5.56. The van der Waals surface area contributed by atoms with E-state index in [1.807, 2.05) is 0 Å². The van der Waals surface area contributed by atoms with Gasteiger partial charge in [-0.15, -0.1) is 0 Å². The number of hydrogen-bond acceptors (Lipinski definition) is 7. The summed E-state index contributed by atoms with van der Waals surface area (Å²) < 4.78 is 55.8. The molecule has 4 aromatic rings. The number of pyridine rings is 1. The van der Waals surface area contributed by atoms with Crippen molar-refractivity contribution in [3.63, 3.8) is 0 Å². The number of rotatable bonds is 7. The van der Waals surface area contributed by atoms with Gasteiger partial charge in [-0.1, -0.05) is 11.6 Å². The van der Waals surface area contributed by atoms with E-state index < -0.39 is 40.4 Å². The van der Waals surface area contributed by atoms with Gasteiger partial charge in [0, 0.05) is 18.2 Å². The number of anilines is 2. The van der Waals surface area contributed by atoms with Crippen molar-refractivity contribution in [2.45, 2.75) is 38.5 Å². The van der Waals surface area contributed by atoms with Crippen LogP contribution in [0.1, 0.15) is 25.3 Å². The molecule has 3 aromatic heterocycles. The Labute approximate surface area is 211 Å². The van der Waals surface area contributed by atoms with Gasteiger partial charge in [0.2, 0.25) is 0 Å². The maximum atomic E-state index is 14.9. The summed E-state index contributed by atoms with van der Waals surface area (Å²) in [7, 11) is 0. The molecular weight excluding hydrogens is 518 g/mol. The maximum absolute atomic E-state index is 14.9. The molecule has 4 rings (SSSR count). The lowest BCUT2D eigenvalue weighted by molar-refractivity contribution is -0.138. The van der Waals surface area contributed by atoms with Crippen molar-refractivity contribution in [3.8, 4) is 11.3 Å². The van der Waals surface area contributed by atoms with Crippen molar-refractivity contribution in [3.05, 3.63) is 73.9 Å². The molecule has 37 heavy (non-hydrogen) atoms. The van der Waals surface area contributed by atoms with E-state index in [1.165, 1.54) is 29.1 Å². The molecule has 0 saturated carbocycles. The molecule has 0 aliphatic carbocycles. The Balaban J connectivity index is 1.48. The number of hydrogen-bond donors (Lipinski definition) is 3. The normalized spacial score (nSPS) is 12.6. The highest BCUT2D eigenvalue weighted by atomic mass is 35.5. The van der Waals surface area contributed by atoms with Gasteiger partial charge in [-0.3, -0.25) is 14.2 Å². The highest BCUT2D eigenvalue weighted by Gasteiger charge is 2.37. The zero-order chi connectivity index (χ0) is 26.9. The van der Waals surface area contributed by atoms with Crippen LogP contribution in [0.4, 0.5) is 29.1 Å². The second-order valence-electron chi connectivity index (χ2n) is 8.33. The summed E-state index contributed by atoms with van der Waals surface area (Å²) in [4.78, 5) is 32.8. The molecule has 0 bridgehead atoms. The van der Waals surface area contributed by atoms with E-state index in [0.717, 1.165) is 12.3 Å². The third-order valence-electron chi connectivity index (χ3n) is 5.64. The van der Waals surface area contributed by atoms with Gasteiger partial charge in [0.1, 0.15) is 17.2 Å². The van der Waals surface area contributed by atoms with Crippen LogP contribution in [0.5, 0.6) is 0 Å². The Morgan fingerprint density at radius 1 is 1.24 bits per heavy atom. The van der Waals surface area contributed by atoms with E-state index in [9.17, 15) is 27.2 Å². The minimum absolute atomic E-state index is 0.0377. The first kappa shape index (κ1) is 26.1. The van der Waals surface area contributed by atoms with E-state index in [-0.39, 0.29) is 39.5 Å². The van der Waals surface area contributed by atoms with Gasteiger partial charge >= 0.3 is 6.18 Å². The first-order valence-corrected chi connectivity index (χ1v) is 11.4. The molecule has 1 unspecified atom stereocenters. The zero-order valence-electron chi connectivity index (χ0n) is 19.2. The SMILES string of the molecule is CC(CCCn1cnc2cc(-c3ccc(Cl)c(N)n3)c(F)cc2c1=O)Nc1cn[nH]c(=O)c1C(F)(F)F. The number of nitrogens with zero attached hydrogens (tertiary/aromatic N) is 4. The van der Waals surface area contributed by atoms with Gasteiger partial charge in [0.15, 0.2) is 0 Å². The van der Waals surface area contributed by atoms with Gasteiger partial charge in [-0.05, 0) is 44.0 Å². The van der Waals surface area contributed by atoms with Crippen molar-refractivity contribution < 1.29 is 17.6 Å². The number of nitrogens with two attached hydrogens (primary N) is 1. The van der Waals surface area contributed by atoms with Gasteiger partial charge < -0.3 is 11.1 Å². The number of aryl methyl sites for hydroxylation is 1. The molecular formula is C23H20ClF4N7O2. The number of H-pyrrole nitrogens is 1. The van der Waals surface area contributed by atoms with Crippen LogP contribution in [0.2, 0.25) is 5.02 Å². The average Bonchev–Trinajstić information content (AvgIpc) is 2.81. The fraction of sp³-hybridized carbons (Fsp3) is 0.261. The van der Waals surface area contributed by atoms with Gasteiger partial charge in [-0.25, -0.2) is 19.5 Å². The largest absolute Gasteiger partial charge is 0.423 e. The summed E-state index contributed by atoms with van der Waals surface area (Å²) in [6, 6.07) is 4.98. The van der Waals surface area contributed by atoms with Gasteiger partial charge in [0.25, 0.3) is 11.1 Å². The molecule has 1 atom stereocenters. The first-order valence-electron chi connectivity index (χ1n) is 11.0. The van der Waals surface area contributed by atoms with Crippen LogP contribution in [-0.4, -0.2) is 30.8 Å². The summed E-state index contributed by atoms with van der Waals surface area (Å²) in [5, 5.41) is 8.13. The topological polar surface area (TPSA) is 132 Å². The molecule has 0 saturated heterocycles. The molecule has 14 heteroatoms. The second-order valence-corrected chi connectivity index (χ2v) is 8.74. The molecule has 0 fully saturated rings. The number of alkyl halides is 3. The first-order chi connectivity index (χ1) is 17.5. The van der Waals surface area contributed by atoms with Crippen molar-refractivity contribution in [2.24, 2.45) is 0 Å². The summed E-state index contributed by atoms with van der Waals surface area (Å²) in [6.07, 6.45) is -1.90. The van der Waals surface area contributed by atoms with Crippen LogP contribution >= 0.6 is 11.6 Å². The lowest BCUT2D eigenvalue weighted by Crippen LogP contribution is -2.27. The molecule has 0 radical (unpaired) electrons. The van der Waals surface area contributed by atoms with Crippen molar-refractivity contribution in [1.29, 1.82) is 0 Å². The minimum Gasteiger partial charge on any atom is -0.382 e. The number of aromatic nitrogens is 5. The van der Waals surface area contributed by atoms with Gasteiger partial charge in [-0.2, -0.15) is 18.3 Å². The van der Waals surface area contributed by atoms with Crippen molar-refractivity contribution >= 4 is 34.0 Å². The van der Waals surface area contributed by atoms with Crippen LogP contribution in [-0.2, 0) is 12.7 Å². The number of nitrogens with one attached hydrogen (secondary N) is 2. The van der Waals surface area contributed by atoms with E-state index in [1.54, 1.807) is 12.0 Å². The molecule has 0 spiro atoms. The van der Waals surface area contributed by atoms with Crippen LogP contribution in [0, 0.1) is 5.82 Å².